The molecule has 2 fully saturated rings. The van der Waals surface area contributed by atoms with Crippen LogP contribution >= 0.6 is 11.8 Å². The number of hydrogen-bond donors (Lipinski definition) is 0. The number of hydrogen-bond acceptors (Lipinski definition) is 6. The van der Waals surface area contributed by atoms with E-state index in [0.29, 0.717) is 42.7 Å². The van der Waals surface area contributed by atoms with Gasteiger partial charge in [-0.15, -0.1) is 11.8 Å². The zero-order valence-electron chi connectivity index (χ0n) is 15.7. The molecule has 1 aromatic carbocycles. The van der Waals surface area contributed by atoms with Gasteiger partial charge in [-0.2, -0.15) is 0 Å². The molecule has 3 amide bonds. The highest BCUT2D eigenvalue weighted by Crippen LogP contribution is 2.47. The molecule has 7 nitrogen and oxygen atoms in total. The number of benzene rings is 1. The van der Waals surface area contributed by atoms with Crippen molar-refractivity contribution in [3.8, 4) is 0 Å². The van der Waals surface area contributed by atoms with Gasteiger partial charge in [-0.05, 0) is 38.3 Å². The van der Waals surface area contributed by atoms with Crippen LogP contribution in [-0.4, -0.2) is 63.3 Å². The van der Waals surface area contributed by atoms with Gasteiger partial charge < -0.3 is 9.64 Å². The average molecular weight is 402 g/mol. The first-order valence-electron chi connectivity index (χ1n) is 9.50. The molecule has 8 heteroatoms. The first-order chi connectivity index (χ1) is 13.4. The maximum atomic E-state index is 12.4. The summed E-state index contributed by atoms with van der Waals surface area (Å²) in [6.45, 7) is 2.51. The molecule has 3 heterocycles. The van der Waals surface area contributed by atoms with Gasteiger partial charge in [-0.3, -0.25) is 19.3 Å². The molecule has 4 rings (SSSR count). The predicted molar refractivity (Wildman–Crippen MR) is 103 cm³/mol. The number of thioether (sulfide) groups is 1. The topological polar surface area (TPSA) is 84.0 Å². The normalized spacial score (nSPS) is 26.0. The molecule has 0 aromatic heterocycles. The second-order valence-corrected chi connectivity index (χ2v) is 8.95. The van der Waals surface area contributed by atoms with E-state index in [2.05, 4.69) is 0 Å². The molecule has 0 spiro atoms. The maximum Gasteiger partial charge on any atom is 0.329 e. The van der Waals surface area contributed by atoms with Crippen LogP contribution in [0.1, 0.15) is 53.3 Å². The van der Waals surface area contributed by atoms with E-state index in [1.54, 1.807) is 40.9 Å². The van der Waals surface area contributed by atoms with Crippen LogP contribution in [0.25, 0.3) is 0 Å². The molecule has 3 aliphatic heterocycles. The highest BCUT2D eigenvalue weighted by molar-refractivity contribution is 8.01. The molecule has 0 unspecified atom stereocenters. The van der Waals surface area contributed by atoms with E-state index < -0.39 is 6.04 Å². The van der Waals surface area contributed by atoms with Gasteiger partial charge in [-0.1, -0.05) is 12.1 Å². The van der Waals surface area contributed by atoms with Gasteiger partial charge in [0.25, 0.3) is 11.8 Å². The van der Waals surface area contributed by atoms with Crippen LogP contribution in [0.4, 0.5) is 0 Å². The highest BCUT2D eigenvalue weighted by Gasteiger charge is 2.53. The van der Waals surface area contributed by atoms with Gasteiger partial charge in [0.2, 0.25) is 5.91 Å². The Morgan fingerprint density at radius 2 is 1.86 bits per heavy atom. The van der Waals surface area contributed by atoms with Gasteiger partial charge >= 0.3 is 5.97 Å². The summed E-state index contributed by atoms with van der Waals surface area (Å²) in [4.78, 5) is 51.7. The first kappa shape index (κ1) is 19.0. The molecular formula is C20H22N2O5S. The van der Waals surface area contributed by atoms with Gasteiger partial charge in [0.1, 0.15) is 6.04 Å². The molecule has 28 heavy (non-hydrogen) atoms. The van der Waals surface area contributed by atoms with Crippen LogP contribution in [-0.2, 0) is 14.3 Å². The Kier molecular flexibility index (Phi) is 4.91. The third kappa shape index (κ3) is 3.09. The van der Waals surface area contributed by atoms with E-state index in [4.69, 9.17) is 4.74 Å². The Labute approximate surface area is 167 Å². The highest BCUT2D eigenvalue weighted by atomic mass is 32.2. The summed E-state index contributed by atoms with van der Waals surface area (Å²) in [5, 5.41) is 0. The van der Waals surface area contributed by atoms with Crippen LogP contribution in [0.5, 0.6) is 0 Å². The number of nitrogens with zero attached hydrogens (tertiary/aromatic N) is 2. The first-order valence-corrected chi connectivity index (χ1v) is 10.5. The summed E-state index contributed by atoms with van der Waals surface area (Å²) >= 11 is 1.63. The number of imide groups is 1. The number of carbonyl (C=O) groups is 4. The van der Waals surface area contributed by atoms with E-state index in [-0.39, 0.29) is 35.2 Å². The number of amides is 3. The van der Waals surface area contributed by atoms with E-state index in [1.165, 1.54) is 4.90 Å². The third-order valence-corrected chi connectivity index (χ3v) is 7.12. The molecule has 2 saturated heterocycles. The van der Waals surface area contributed by atoms with Crippen molar-refractivity contribution < 1.29 is 23.9 Å². The molecule has 0 saturated carbocycles. The molecule has 0 bridgehead atoms. The molecule has 3 aliphatic rings. The van der Waals surface area contributed by atoms with E-state index in [9.17, 15) is 19.2 Å². The summed E-state index contributed by atoms with van der Waals surface area (Å²) < 4.78 is 5.37. The molecule has 0 radical (unpaired) electrons. The fraction of sp³-hybridized carbons (Fsp3) is 0.500. The smallest absolute Gasteiger partial charge is 0.329 e. The number of carbonyl (C=O) groups excluding carboxylic acids is 4. The lowest BCUT2D eigenvalue weighted by atomic mass is 10.1. The van der Waals surface area contributed by atoms with Crippen LogP contribution < -0.4 is 0 Å². The SMILES string of the molecule is C[C@]12CCC(=O)N1[C@@H](C(=O)OCCCCN1C(=O)c3ccccc3C1=O)CS2. The summed E-state index contributed by atoms with van der Waals surface area (Å²) in [5.41, 5.74) is 0.881. The Morgan fingerprint density at radius 3 is 2.54 bits per heavy atom. The molecular weight excluding hydrogens is 380 g/mol. The number of esters is 1. The van der Waals surface area contributed by atoms with Gasteiger partial charge in [0, 0.05) is 18.7 Å². The van der Waals surface area contributed by atoms with Gasteiger partial charge in [0.15, 0.2) is 0 Å². The second-order valence-electron chi connectivity index (χ2n) is 7.45. The lowest BCUT2D eigenvalue weighted by Crippen LogP contribution is -2.46. The Bertz CT molecular complexity index is 822. The van der Waals surface area contributed by atoms with Crippen LogP contribution in [0.2, 0.25) is 0 Å². The van der Waals surface area contributed by atoms with Crippen molar-refractivity contribution in [2.24, 2.45) is 0 Å². The molecule has 1 aromatic rings. The minimum absolute atomic E-state index is 0.0140. The standard InChI is InChI=1S/C20H22N2O5S/c1-20-9-8-16(23)22(20)15(12-28-20)19(26)27-11-5-4-10-21-17(24)13-6-2-3-7-14(13)18(21)25/h2-3,6-7,15H,4-5,8-12H2,1H3/t15-,20+/m1/s1. The molecule has 148 valence electrons. The summed E-state index contributed by atoms with van der Waals surface area (Å²) in [6.07, 6.45) is 2.34. The van der Waals surface area contributed by atoms with Crippen LogP contribution in [0.3, 0.4) is 0 Å². The van der Waals surface area contributed by atoms with Gasteiger partial charge in [-0.25, -0.2) is 4.79 Å². The number of rotatable bonds is 6. The van der Waals surface area contributed by atoms with Crippen molar-refractivity contribution in [1.29, 1.82) is 0 Å². The van der Waals surface area contributed by atoms with Crippen LogP contribution in [0.15, 0.2) is 24.3 Å². The summed E-state index contributed by atoms with van der Waals surface area (Å²) in [6, 6.07) is 6.28. The van der Waals surface area contributed by atoms with Crippen LogP contribution in [0, 0.1) is 0 Å². The molecule has 0 N–H and O–H groups in total. The lowest BCUT2D eigenvalue weighted by Gasteiger charge is -2.29. The molecule has 0 aliphatic carbocycles. The molecule has 2 atom stereocenters. The monoisotopic (exact) mass is 402 g/mol. The minimum Gasteiger partial charge on any atom is -0.464 e. The average Bonchev–Trinajstić information content (AvgIpc) is 3.27. The van der Waals surface area contributed by atoms with Gasteiger partial charge in [0.05, 0.1) is 22.6 Å². The zero-order chi connectivity index (χ0) is 19.9. The van der Waals surface area contributed by atoms with E-state index in [1.807, 2.05) is 6.92 Å². The van der Waals surface area contributed by atoms with E-state index in [0.717, 1.165) is 6.42 Å². The van der Waals surface area contributed by atoms with Crippen molar-refractivity contribution in [2.45, 2.75) is 43.5 Å². The zero-order valence-corrected chi connectivity index (χ0v) is 16.5. The second kappa shape index (κ2) is 7.24. The van der Waals surface area contributed by atoms with Crippen molar-refractivity contribution in [1.82, 2.24) is 9.80 Å². The largest absolute Gasteiger partial charge is 0.464 e. The van der Waals surface area contributed by atoms with Crippen molar-refractivity contribution in [3.63, 3.8) is 0 Å². The maximum absolute atomic E-state index is 12.4. The fourth-order valence-electron chi connectivity index (χ4n) is 4.08. The number of fused-ring (bicyclic) bond motifs is 2. The van der Waals surface area contributed by atoms with Crippen molar-refractivity contribution in [2.75, 3.05) is 18.9 Å². The lowest BCUT2D eigenvalue weighted by molar-refractivity contribution is -0.153. The number of ether oxygens (including phenoxy) is 1. The Balaban J connectivity index is 1.23. The van der Waals surface area contributed by atoms with Crippen molar-refractivity contribution >= 4 is 35.5 Å². The fourth-order valence-corrected chi connectivity index (χ4v) is 5.49. The summed E-state index contributed by atoms with van der Waals surface area (Å²) in [5.74, 6) is -0.331. The minimum atomic E-state index is -0.513. The Hall–Kier alpha value is -2.35. The quantitative estimate of drug-likeness (QED) is 0.411. The summed E-state index contributed by atoms with van der Waals surface area (Å²) in [7, 11) is 0. The number of unbranched alkanes of at least 4 members (excludes halogenated alkanes) is 1. The third-order valence-electron chi connectivity index (χ3n) is 5.62. The predicted octanol–water partition coefficient (Wildman–Crippen LogP) is 2.06. The van der Waals surface area contributed by atoms with E-state index >= 15 is 0 Å². The Morgan fingerprint density at radius 1 is 1.18 bits per heavy atom. The van der Waals surface area contributed by atoms with Crippen molar-refractivity contribution in [3.05, 3.63) is 35.4 Å².